The van der Waals surface area contributed by atoms with Gasteiger partial charge in [-0.2, -0.15) is 0 Å². The lowest BCUT2D eigenvalue weighted by atomic mass is 10.2. The van der Waals surface area contributed by atoms with E-state index in [0.29, 0.717) is 6.54 Å². The van der Waals surface area contributed by atoms with Crippen molar-refractivity contribution in [3.8, 4) is 0 Å². The zero-order chi connectivity index (χ0) is 8.27. The zero-order valence-electron chi connectivity index (χ0n) is 6.96. The van der Waals surface area contributed by atoms with Gasteiger partial charge in [-0.3, -0.25) is 9.69 Å². The summed E-state index contributed by atoms with van der Waals surface area (Å²) in [5.41, 5.74) is 0. The molecular weight excluding hydrogens is 144 g/mol. The van der Waals surface area contributed by atoms with Gasteiger partial charge in [0.2, 0.25) is 0 Å². The van der Waals surface area contributed by atoms with Gasteiger partial charge in [-0.05, 0) is 14.1 Å². The van der Waals surface area contributed by atoms with Crippen molar-refractivity contribution in [2.24, 2.45) is 0 Å². The molecule has 4 nitrogen and oxygen atoms in total. The van der Waals surface area contributed by atoms with E-state index in [1.807, 2.05) is 14.1 Å². The number of rotatable bonds is 3. The fourth-order valence-electron chi connectivity index (χ4n) is 0.827. The number of nitrogens with zero attached hydrogens (tertiary/aromatic N) is 1. The third kappa shape index (κ3) is 2.86. The van der Waals surface area contributed by atoms with Crippen LogP contribution in [-0.4, -0.2) is 50.7 Å². The van der Waals surface area contributed by atoms with Crippen LogP contribution in [-0.2, 0) is 9.53 Å². The van der Waals surface area contributed by atoms with Crippen LogP contribution in [0.25, 0.3) is 0 Å². The summed E-state index contributed by atoms with van der Waals surface area (Å²) in [6.45, 7) is 1.98. The minimum Gasteiger partial charge on any atom is -0.459 e. The maximum Gasteiger partial charge on any atom is 0.320 e. The van der Waals surface area contributed by atoms with E-state index >= 15 is 0 Å². The molecule has 4 heteroatoms. The molecule has 0 aliphatic carbocycles. The lowest BCUT2D eigenvalue weighted by Gasteiger charge is -2.27. The largest absolute Gasteiger partial charge is 0.459 e. The lowest BCUT2D eigenvalue weighted by molar-refractivity contribution is -0.151. The predicted molar refractivity (Wildman–Crippen MR) is 41.3 cm³/mol. The first-order valence-corrected chi connectivity index (χ1v) is 3.73. The van der Waals surface area contributed by atoms with Crippen LogP contribution in [0.15, 0.2) is 0 Å². The zero-order valence-corrected chi connectivity index (χ0v) is 6.96. The summed E-state index contributed by atoms with van der Waals surface area (Å²) in [4.78, 5) is 12.8. The molecule has 0 aromatic heterocycles. The van der Waals surface area contributed by atoms with Gasteiger partial charge in [0, 0.05) is 13.1 Å². The average molecular weight is 158 g/mol. The molecule has 1 N–H and O–H groups in total. The highest BCUT2D eigenvalue weighted by molar-refractivity contribution is 5.71. The Hall–Kier alpha value is -0.610. The summed E-state index contributed by atoms with van der Waals surface area (Å²) >= 11 is 0. The summed E-state index contributed by atoms with van der Waals surface area (Å²) in [5, 5.41) is 3.03. The molecule has 0 atom stereocenters. The molecule has 0 unspecified atom stereocenters. The van der Waals surface area contributed by atoms with Gasteiger partial charge < -0.3 is 10.1 Å². The standard InChI is InChI=1S/C7H14N2O2/c1-9(2)5-7(10)11-6-3-8-4-6/h6,8H,3-5H2,1-2H3. The molecule has 1 heterocycles. The molecule has 1 saturated heterocycles. The first kappa shape index (κ1) is 8.49. The van der Waals surface area contributed by atoms with Gasteiger partial charge in [0.15, 0.2) is 0 Å². The third-order valence-corrected chi connectivity index (χ3v) is 1.49. The normalized spacial score (nSPS) is 18.1. The van der Waals surface area contributed by atoms with Gasteiger partial charge in [0.25, 0.3) is 0 Å². The van der Waals surface area contributed by atoms with Gasteiger partial charge in [-0.25, -0.2) is 0 Å². The molecule has 0 saturated carbocycles. The number of likely N-dealkylation sites (N-methyl/N-ethyl adjacent to an activating group) is 1. The van der Waals surface area contributed by atoms with Crippen LogP contribution in [0.5, 0.6) is 0 Å². The fraction of sp³-hybridized carbons (Fsp3) is 0.857. The predicted octanol–water partition coefficient (Wildman–Crippen LogP) is -0.937. The Morgan fingerprint density at radius 1 is 1.64 bits per heavy atom. The van der Waals surface area contributed by atoms with Crippen LogP contribution >= 0.6 is 0 Å². The highest BCUT2D eigenvalue weighted by Crippen LogP contribution is 1.98. The first-order chi connectivity index (χ1) is 5.18. The van der Waals surface area contributed by atoms with Crippen molar-refractivity contribution in [1.29, 1.82) is 0 Å². The van der Waals surface area contributed by atoms with Crippen LogP contribution in [0, 0.1) is 0 Å². The molecule has 0 aromatic rings. The maximum atomic E-state index is 11.0. The van der Waals surface area contributed by atoms with E-state index in [1.165, 1.54) is 0 Å². The summed E-state index contributed by atoms with van der Waals surface area (Å²) in [7, 11) is 3.70. The minimum absolute atomic E-state index is 0.113. The van der Waals surface area contributed by atoms with Gasteiger partial charge in [-0.1, -0.05) is 0 Å². The van der Waals surface area contributed by atoms with E-state index in [4.69, 9.17) is 4.74 Å². The van der Waals surface area contributed by atoms with Gasteiger partial charge >= 0.3 is 5.97 Å². The Kier molecular flexibility index (Phi) is 2.84. The molecule has 0 aromatic carbocycles. The lowest BCUT2D eigenvalue weighted by Crippen LogP contribution is -2.50. The number of esters is 1. The van der Waals surface area contributed by atoms with E-state index < -0.39 is 0 Å². The van der Waals surface area contributed by atoms with Crippen molar-refractivity contribution >= 4 is 5.97 Å². The molecule has 0 bridgehead atoms. The Labute approximate surface area is 66.5 Å². The Balaban J connectivity index is 2.09. The topological polar surface area (TPSA) is 41.6 Å². The number of carbonyl (C=O) groups is 1. The van der Waals surface area contributed by atoms with E-state index in [1.54, 1.807) is 4.90 Å². The SMILES string of the molecule is CN(C)CC(=O)OC1CNC1. The van der Waals surface area contributed by atoms with E-state index in [-0.39, 0.29) is 12.1 Å². The van der Waals surface area contributed by atoms with E-state index in [9.17, 15) is 4.79 Å². The minimum atomic E-state index is -0.137. The maximum absolute atomic E-state index is 11.0. The molecule has 11 heavy (non-hydrogen) atoms. The molecular formula is C7H14N2O2. The molecule has 64 valence electrons. The number of nitrogens with one attached hydrogen (secondary N) is 1. The molecule has 1 aliphatic heterocycles. The van der Waals surface area contributed by atoms with Gasteiger partial charge in [0.05, 0.1) is 6.54 Å². The molecule has 0 radical (unpaired) electrons. The highest BCUT2D eigenvalue weighted by Gasteiger charge is 2.20. The second-order valence-electron chi connectivity index (χ2n) is 3.01. The van der Waals surface area contributed by atoms with Crippen LogP contribution in [0.2, 0.25) is 0 Å². The smallest absolute Gasteiger partial charge is 0.320 e. The molecule has 1 rings (SSSR count). The first-order valence-electron chi connectivity index (χ1n) is 3.73. The van der Waals surface area contributed by atoms with Gasteiger partial charge in [0.1, 0.15) is 6.10 Å². The van der Waals surface area contributed by atoms with Crippen LogP contribution in [0.1, 0.15) is 0 Å². The quantitative estimate of drug-likeness (QED) is 0.538. The number of hydrogen-bond donors (Lipinski definition) is 1. The molecule has 1 fully saturated rings. The Morgan fingerprint density at radius 2 is 2.27 bits per heavy atom. The van der Waals surface area contributed by atoms with Crippen molar-refractivity contribution in [2.75, 3.05) is 33.7 Å². The van der Waals surface area contributed by atoms with E-state index in [0.717, 1.165) is 13.1 Å². The van der Waals surface area contributed by atoms with Crippen molar-refractivity contribution in [3.63, 3.8) is 0 Å². The van der Waals surface area contributed by atoms with Crippen molar-refractivity contribution in [2.45, 2.75) is 6.10 Å². The molecule has 0 spiro atoms. The van der Waals surface area contributed by atoms with Crippen LogP contribution in [0.4, 0.5) is 0 Å². The number of carbonyl (C=O) groups excluding carboxylic acids is 1. The second kappa shape index (κ2) is 3.69. The van der Waals surface area contributed by atoms with Crippen LogP contribution < -0.4 is 5.32 Å². The summed E-state index contributed by atoms with van der Waals surface area (Å²) < 4.78 is 5.05. The van der Waals surface area contributed by atoms with Crippen molar-refractivity contribution in [3.05, 3.63) is 0 Å². The second-order valence-corrected chi connectivity index (χ2v) is 3.01. The number of ether oxygens (including phenoxy) is 1. The van der Waals surface area contributed by atoms with Crippen LogP contribution in [0.3, 0.4) is 0 Å². The molecule has 0 amide bonds. The fourth-order valence-corrected chi connectivity index (χ4v) is 0.827. The summed E-state index contributed by atoms with van der Waals surface area (Å²) in [6.07, 6.45) is 0.113. The van der Waals surface area contributed by atoms with E-state index in [2.05, 4.69) is 5.32 Å². The third-order valence-electron chi connectivity index (χ3n) is 1.49. The Bertz CT molecular complexity index is 143. The number of hydrogen-bond acceptors (Lipinski definition) is 4. The van der Waals surface area contributed by atoms with Crippen molar-refractivity contribution < 1.29 is 9.53 Å². The molecule has 1 aliphatic rings. The average Bonchev–Trinajstić information content (AvgIpc) is 1.77. The highest BCUT2D eigenvalue weighted by atomic mass is 16.5. The Morgan fingerprint density at radius 3 is 2.64 bits per heavy atom. The van der Waals surface area contributed by atoms with Gasteiger partial charge in [-0.15, -0.1) is 0 Å². The summed E-state index contributed by atoms with van der Waals surface area (Å²) in [5.74, 6) is -0.137. The summed E-state index contributed by atoms with van der Waals surface area (Å²) in [6, 6.07) is 0. The van der Waals surface area contributed by atoms with Crippen molar-refractivity contribution in [1.82, 2.24) is 10.2 Å². The monoisotopic (exact) mass is 158 g/mol.